The predicted molar refractivity (Wildman–Crippen MR) is 103 cm³/mol. The van der Waals surface area contributed by atoms with Crippen molar-refractivity contribution in [2.45, 2.75) is 41.1 Å². The molecule has 4 heterocycles. The first kappa shape index (κ1) is 17.3. The number of benzene rings is 1. The van der Waals surface area contributed by atoms with Crippen LogP contribution < -0.4 is 5.32 Å². The summed E-state index contributed by atoms with van der Waals surface area (Å²) in [6, 6.07) is 8.32. The summed E-state index contributed by atoms with van der Waals surface area (Å²) in [5, 5.41) is 3.98. The number of hydrogen-bond acceptors (Lipinski definition) is 5. The largest absolute Gasteiger partial charge is 0.347 e. The van der Waals surface area contributed by atoms with E-state index >= 15 is 0 Å². The lowest BCUT2D eigenvalue weighted by Gasteiger charge is -2.49. The van der Waals surface area contributed by atoms with Crippen LogP contribution >= 0.6 is 34.7 Å². The van der Waals surface area contributed by atoms with Gasteiger partial charge in [-0.25, -0.2) is 4.98 Å². The standard InChI is InChI=1S/C18H20ClN3OS2/c1-11-16(12-6-8-22(11)9-7-12)21-17(23)15-10-20-18(25-15)24-14-4-2-13(19)3-5-14/h2-5,10-12,16H,6-9H2,1H3,(H,21,23)/t11-,16-/m0/s1. The minimum atomic E-state index is 0.00561. The lowest BCUT2D eigenvalue weighted by atomic mass is 9.79. The minimum absolute atomic E-state index is 0.00561. The van der Waals surface area contributed by atoms with Crippen LogP contribution in [-0.2, 0) is 0 Å². The number of nitrogens with one attached hydrogen (secondary N) is 1. The smallest absolute Gasteiger partial charge is 0.263 e. The number of aromatic nitrogens is 1. The topological polar surface area (TPSA) is 45.2 Å². The summed E-state index contributed by atoms with van der Waals surface area (Å²) < 4.78 is 0.870. The van der Waals surface area contributed by atoms with E-state index in [-0.39, 0.29) is 11.9 Å². The molecule has 2 atom stereocenters. The Labute approximate surface area is 161 Å². The maximum absolute atomic E-state index is 12.7. The fraction of sp³-hybridized carbons (Fsp3) is 0.444. The van der Waals surface area contributed by atoms with Gasteiger partial charge in [0.15, 0.2) is 4.34 Å². The van der Waals surface area contributed by atoms with Crippen LogP contribution in [0.15, 0.2) is 39.7 Å². The molecule has 3 aliphatic heterocycles. The Morgan fingerprint density at radius 3 is 2.72 bits per heavy atom. The number of carbonyl (C=O) groups is 1. The molecule has 3 fully saturated rings. The van der Waals surface area contributed by atoms with Crippen molar-refractivity contribution in [2.24, 2.45) is 5.92 Å². The zero-order valence-corrected chi connectivity index (χ0v) is 16.3. The number of amides is 1. The van der Waals surface area contributed by atoms with E-state index in [2.05, 4.69) is 22.1 Å². The Balaban J connectivity index is 1.41. The molecule has 0 spiro atoms. The van der Waals surface area contributed by atoms with E-state index in [0.29, 0.717) is 16.8 Å². The van der Waals surface area contributed by atoms with Crippen molar-refractivity contribution in [1.82, 2.24) is 15.2 Å². The fourth-order valence-corrected chi connectivity index (χ4v) is 5.76. The van der Waals surface area contributed by atoms with Gasteiger partial charge >= 0.3 is 0 Å². The molecule has 3 saturated heterocycles. The van der Waals surface area contributed by atoms with Crippen LogP contribution in [0.3, 0.4) is 0 Å². The van der Waals surface area contributed by atoms with Gasteiger partial charge in [0.2, 0.25) is 0 Å². The van der Waals surface area contributed by atoms with Crippen LogP contribution in [0.5, 0.6) is 0 Å². The number of thiazole rings is 1. The summed E-state index contributed by atoms with van der Waals surface area (Å²) in [4.78, 5) is 21.3. The molecule has 132 valence electrons. The molecule has 0 unspecified atom stereocenters. The van der Waals surface area contributed by atoms with Gasteiger partial charge in [-0.1, -0.05) is 23.4 Å². The Morgan fingerprint density at radius 1 is 1.32 bits per heavy atom. The third kappa shape index (κ3) is 3.72. The number of nitrogens with zero attached hydrogens (tertiary/aromatic N) is 2. The second kappa shape index (κ2) is 7.27. The van der Waals surface area contributed by atoms with Gasteiger partial charge in [0.25, 0.3) is 5.91 Å². The molecule has 1 aromatic heterocycles. The molecule has 0 radical (unpaired) electrons. The average Bonchev–Trinajstić information content (AvgIpc) is 3.09. The van der Waals surface area contributed by atoms with Crippen LogP contribution in [0.1, 0.15) is 29.4 Å². The van der Waals surface area contributed by atoms with Crippen molar-refractivity contribution in [3.8, 4) is 0 Å². The number of rotatable bonds is 4. The molecule has 3 aliphatic rings. The van der Waals surface area contributed by atoms with E-state index in [9.17, 15) is 4.79 Å². The fourth-order valence-electron chi connectivity index (χ4n) is 3.78. The number of piperidine rings is 3. The Kier molecular flexibility index (Phi) is 5.04. The number of carbonyl (C=O) groups excluding carboxylic acids is 1. The van der Waals surface area contributed by atoms with Gasteiger partial charge in [0, 0.05) is 22.0 Å². The summed E-state index contributed by atoms with van der Waals surface area (Å²) in [7, 11) is 0. The van der Waals surface area contributed by atoms with Crippen LogP contribution in [0.25, 0.3) is 0 Å². The highest BCUT2D eigenvalue weighted by atomic mass is 35.5. The van der Waals surface area contributed by atoms with Crippen molar-refractivity contribution in [3.05, 3.63) is 40.4 Å². The molecule has 4 nitrogen and oxygen atoms in total. The minimum Gasteiger partial charge on any atom is -0.347 e. The van der Waals surface area contributed by atoms with Crippen LogP contribution in [0.2, 0.25) is 5.02 Å². The SMILES string of the molecule is C[C@H]1[C@H](NC(=O)c2cnc(Sc3ccc(Cl)cc3)s2)C2CCN1CC2. The highest BCUT2D eigenvalue weighted by molar-refractivity contribution is 8.01. The van der Waals surface area contributed by atoms with Crippen molar-refractivity contribution >= 4 is 40.6 Å². The summed E-state index contributed by atoms with van der Waals surface area (Å²) in [6.07, 6.45) is 4.07. The van der Waals surface area contributed by atoms with Crippen molar-refractivity contribution in [3.63, 3.8) is 0 Å². The molecule has 2 aromatic rings. The van der Waals surface area contributed by atoms with Crippen LogP contribution in [-0.4, -0.2) is 41.0 Å². The van der Waals surface area contributed by atoms with Crippen LogP contribution in [0, 0.1) is 5.92 Å². The van der Waals surface area contributed by atoms with Crippen molar-refractivity contribution in [1.29, 1.82) is 0 Å². The van der Waals surface area contributed by atoms with Gasteiger partial charge in [0.05, 0.1) is 6.20 Å². The highest BCUT2D eigenvalue weighted by Gasteiger charge is 2.40. The van der Waals surface area contributed by atoms with Crippen LogP contribution in [0.4, 0.5) is 0 Å². The lowest BCUT2D eigenvalue weighted by Crippen LogP contribution is -2.62. The van der Waals surface area contributed by atoms with E-state index < -0.39 is 0 Å². The zero-order valence-electron chi connectivity index (χ0n) is 13.9. The molecule has 2 bridgehead atoms. The third-order valence-electron chi connectivity index (χ3n) is 5.20. The van der Waals surface area contributed by atoms with Crippen molar-refractivity contribution in [2.75, 3.05) is 13.1 Å². The van der Waals surface area contributed by atoms with E-state index in [1.165, 1.54) is 37.3 Å². The molecule has 1 N–H and O–H groups in total. The normalized spacial score (nSPS) is 28.1. The summed E-state index contributed by atoms with van der Waals surface area (Å²) in [5.74, 6) is 0.617. The van der Waals surface area contributed by atoms with Gasteiger partial charge in [-0.15, -0.1) is 11.3 Å². The molecule has 25 heavy (non-hydrogen) atoms. The second-order valence-electron chi connectivity index (χ2n) is 6.66. The Hall–Kier alpha value is -1.08. The average molecular weight is 394 g/mol. The number of halogens is 1. The first-order valence-electron chi connectivity index (χ1n) is 8.54. The van der Waals surface area contributed by atoms with E-state index in [4.69, 9.17) is 11.6 Å². The summed E-state index contributed by atoms with van der Waals surface area (Å²) in [5.41, 5.74) is 0. The van der Waals surface area contributed by atoms with Gasteiger partial charge in [-0.05, 0) is 63.0 Å². The zero-order chi connectivity index (χ0) is 17.4. The van der Waals surface area contributed by atoms with Crippen molar-refractivity contribution < 1.29 is 4.79 Å². The lowest BCUT2D eigenvalue weighted by molar-refractivity contribution is 0.0218. The second-order valence-corrected chi connectivity index (χ2v) is 9.45. The maximum atomic E-state index is 12.7. The molecule has 1 aromatic carbocycles. The van der Waals surface area contributed by atoms with Gasteiger partial charge in [-0.3, -0.25) is 9.69 Å². The van der Waals surface area contributed by atoms with Gasteiger partial charge in [-0.2, -0.15) is 0 Å². The third-order valence-corrected chi connectivity index (χ3v) is 7.53. The van der Waals surface area contributed by atoms with Gasteiger partial charge < -0.3 is 5.32 Å². The first-order chi connectivity index (χ1) is 12.1. The molecule has 0 aliphatic carbocycles. The van der Waals surface area contributed by atoms with E-state index in [1.54, 1.807) is 18.0 Å². The molecule has 1 amide bonds. The van der Waals surface area contributed by atoms with E-state index in [0.717, 1.165) is 14.3 Å². The predicted octanol–water partition coefficient (Wildman–Crippen LogP) is 4.16. The first-order valence-corrected chi connectivity index (χ1v) is 10.6. The summed E-state index contributed by atoms with van der Waals surface area (Å²) >= 11 is 8.91. The number of fused-ring (bicyclic) bond motifs is 3. The molecular weight excluding hydrogens is 374 g/mol. The number of hydrogen-bond donors (Lipinski definition) is 1. The van der Waals surface area contributed by atoms with E-state index in [1.807, 2.05) is 24.3 Å². The molecule has 0 saturated carbocycles. The maximum Gasteiger partial charge on any atom is 0.263 e. The Morgan fingerprint density at radius 2 is 2.04 bits per heavy atom. The van der Waals surface area contributed by atoms with Gasteiger partial charge in [0.1, 0.15) is 4.88 Å². The molecule has 7 heteroatoms. The summed E-state index contributed by atoms with van der Waals surface area (Å²) in [6.45, 7) is 4.56. The Bertz CT molecular complexity index is 754. The highest BCUT2D eigenvalue weighted by Crippen LogP contribution is 2.34. The monoisotopic (exact) mass is 393 g/mol. The quantitative estimate of drug-likeness (QED) is 0.847. The molecular formula is C18H20ClN3OS2. The molecule has 5 rings (SSSR count).